The summed E-state index contributed by atoms with van der Waals surface area (Å²) < 4.78 is 0. The fourth-order valence-electron chi connectivity index (χ4n) is 1.45. The summed E-state index contributed by atoms with van der Waals surface area (Å²) in [4.78, 5) is 32.8. The minimum atomic E-state index is -0.225. The Morgan fingerprint density at radius 3 is 1.47 bits per heavy atom. The van der Waals surface area contributed by atoms with Gasteiger partial charge in [-0.05, 0) is 12.1 Å². The summed E-state index contributed by atoms with van der Waals surface area (Å²) in [6.07, 6.45) is 0. The van der Waals surface area contributed by atoms with Crippen LogP contribution in [-0.2, 0) is 0 Å². The number of nitrogens with zero attached hydrogens (tertiary/aromatic N) is 4. The molecular formula is C13H20N4O2. The number of aromatic nitrogens is 1. The van der Waals surface area contributed by atoms with E-state index in [9.17, 15) is 9.59 Å². The van der Waals surface area contributed by atoms with E-state index in [0.29, 0.717) is 0 Å². The average molecular weight is 264 g/mol. The quantitative estimate of drug-likeness (QED) is 0.800. The lowest BCUT2D eigenvalue weighted by atomic mass is 10.2. The van der Waals surface area contributed by atoms with Gasteiger partial charge in [0.2, 0.25) is 0 Å². The Morgan fingerprint density at radius 2 is 1.21 bits per heavy atom. The third-order valence-electron chi connectivity index (χ3n) is 2.58. The van der Waals surface area contributed by atoms with E-state index in [4.69, 9.17) is 0 Å². The predicted octanol–water partition coefficient (Wildman–Crippen LogP) is 0.551. The number of hydrogen-bond donors (Lipinski definition) is 0. The Kier molecular flexibility index (Phi) is 4.47. The molecule has 0 unspecified atom stereocenters. The maximum atomic E-state index is 12.0. The topological polar surface area (TPSA) is 56.8 Å². The zero-order valence-corrected chi connectivity index (χ0v) is 12.3. The standard InChI is InChI=1S/C13H20N4O2/c1-15(2)9-7-10(12(18)16(3)4)14-11(8-9)13(19)17(5)6/h7-8H,1-6H3. The van der Waals surface area contributed by atoms with Crippen LogP contribution in [0, 0.1) is 0 Å². The van der Waals surface area contributed by atoms with Crippen molar-refractivity contribution in [3.8, 4) is 0 Å². The fraction of sp³-hybridized carbons (Fsp3) is 0.462. The molecule has 0 aliphatic carbocycles. The molecule has 0 aromatic carbocycles. The molecule has 0 atom stereocenters. The van der Waals surface area contributed by atoms with Gasteiger partial charge in [0.05, 0.1) is 0 Å². The highest BCUT2D eigenvalue weighted by Gasteiger charge is 2.17. The first-order valence-electron chi connectivity index (χ1n) is 5.86. The lowest BCUT2D eigenvalue weighted by Gasteiger charge is -2.18. The Labute approximate surface area is 113 Å². The van der Waals surface area contributed by atoms with Crippen molar-refractivity contribution in [2.75, 3.05) is 47.2 Å². The largest absolute Gasteiger partial charge is 0.378 e. The predicted molar refractivity (Wildman–Crippen MR) is 74.6 cm³/mol. The van der Waals surface area contributed by atoms with Crippen LogP contribution in [0.4, 0.5) is 5.69 Å². The van der Waals surface area contributed by atoms with E-state index in [2.05, 4.69) is 4.98 Å². The van der Waals surface area contributed by atoms with Gasteiger partial charge < -0.3 is 14.7 Å². The second kappa shape index (κ2) is 5.69. The zero-order chi connectivity index (χ0) is 14.7. The van der Waals surface area contributed by atoms with Crippen LogP contribution in [0.25, 0.3) is 0 Å². The second-order valence-corrected chi connectivity index (χ2v) is 4.89. The van der Waals surface area contributed by atoms with Crippen LogP contribution in [-0.4, -0.2) is 68.9 Å². The molecule has 1 heterocycles. The van der Waals surface area contributed by atoms with Crippen molar-refractivity contribution in [2.24, 2.45) is 0 Å². The van der Waals surface area contributed by atoms with E-state index >= 15 is 0 Å². The summed E-state index contributed by atoms with van der Waals surface area (Å²) in [7, 11) is 10.3. The van der Waals surface area contributed by atoms with Crippen molar-refractivity contribution in [2.45, 2.75) is 0 Å². The van der Waals surface area contributed by atoms with Crippen molar-refractivity contribution in [3.05, 3.63) is 23.5 Å². The molecule has 1 aromatic rings. The number of pyridine rings is 1. The summed E-state index contributed by atoms with van der Waals surface area (Å²) >= 11 is 0. The summed E-state index contributed by atoms with van der Waals surface area (Å²) in [5, 5.41) is 0. The molecule has 0 radical (unpaired) electrons. The van der Waals surface area contributed by atoms with Gasteiger partial charge in [0, 0.05) is 48.0 Å². The van der Waals surface area contributed by atoms with Crippen molar-refractivity contribution in [1.29, 1.82) is 0 Å². The highest BCUT2D eigenvalue weighted by atomic mass is 16.2. The molecule has 0 bridgehead atoms. The summed E-state index contributed by atoms with van der Waals surface area (Å²) in [6, 6.07) is 3.35. The number of hydrogen-bond acceptors (Lipinski definition) is 4. The van der Waals surface area contributed by atoms with Gasteiger partial charge in [0.1, 0.15) is 11.4 Å². The highest BCUT2D eigenvalue weighted by molar-refractivity contribution is 5.97. The van der Waals surface area contributed by atoms with Crippen molar-refractivity contribution in [3.63, 3.8) is 0 Å². The molecule has 0 aliphatic heterocycles. The summed E-state index contributed by atoms with van der Waals surface area (Å²) in [5.41, 5.74) is 1.30. The SMILES string of the molecule is CN(C)C(=O)c1cc(N(C)C)cc(C(=O)N(C)C)n1. The van der Waals surface area contributed by atoms with Gasteiger partial charge in [0.25, 0.3) is 11.8 Å². The van der Waals surface area contributed by atoms with E-state index in [-0.39, 0.29) is 23.2 Å². The molecule has 0 aliphatic rings. The molecule has 0 saturated carbocycles. The molecule has 1 rings (SSSR count). The van der Waals surface area contributed by atoms with Crippen LogP contribution < -0.4 is 4.90 Å². The molecular weight excluding hydrogens is 244 g/mol. The van der Waals surface area contributed by atoms with Gasteiger partial charge in [-0.3, -0.25) is 9.59 Å². The molecule has 0 spiro atoms. The Bertz CT molecular complexity index is 457. The minimum absolute atomic E-state index is 0.225. The monoisotopic (exact) mass is 264 g/mol. The van der Waals surface area contributed by atoms with Crippen molar-refractivity contribution in [1.82, 2.24) is 14.8 Å². The van der Waals surface area contributed by atoms with E-state index in [1.165, 1.54) is 9.80 Å². The van der Waals surface area contributed by atoms with E-state index < -0.39 is 0 Å². The fourth-order valence-corrected chi connectivity index (χ4v) is 1.45. The van der Waals surface area contributed by atoms with Gasteiger partial charge in [-0.1, -0.05) is 0 Å². The smallest absolute Gasteiger partial charge is 0.272 e. The normalized spacial score (nSPS) is 10.0. The maximum Gasteiger partial charge on any atom is 0.272 e. The van der Waals surface area contributed by atoms with Crippen LogP contribution in [0.2, 0.25) is 0 Å². The van der Waals surface area contributed by atoms with Gasteiger partial charge >= 0.3 is 0 Å². The number of carbonyl (C=O) groups excluding carboxylic acids is 2. The van der Waals surface area contributed by atoms with Crippen LogP contribution in [0.3, 0.4) is 0 Å². The zero-order valence-electron chi connectivity index (χ0n) is 12.3. The van der Waals surface area contributed by atoms with Gasteiger partial charge in [0.15, 0.2) is 0 Å². The van der Waals surface area contributed by atoms with E-state index in [0.717, 1.165) is 5.69 Å². The van der Waals surface area contributed by atoms with Crippen LogP contribution in [0.15, 0.2) is 12.1 Å². The highest BCUT2D eigenvalue weighted by Crippen LogP contribution is 2.16. The first-order chi connectivity index (χ1) is 8.73. The maximum absolute atomic E-state index is 12.0. The molecule has 19 heavy (non-hydrogen) atoms. The van der Waals surface area contributed by atoms with Gasteiger partial charge in [-0.15, -0.1) is 0 Å². The molecule has 0 saturated heterocycles. The molecule has 6 heteroatoms. The molecule has 104 valence electrons. The Balaban J connectivity index is 3.34. The van der Waals surface area contributed by atoms with Crippen LogP contribution >= 0.6 is 0 Å². The van der Waals surface area contributed by atoms with Crippen LogP contribution in [0.1, 0.15) is 21.0 Å². The second-order valence-electron chi connectivity index (χ2n) is 4.89. The number of rotatable bonds is 3. The molecule has 2 amide bonds. The molecule has 0 N–H and O–H groups in total. The lowest BCUT2D eigenvalue weighted by molar-refractivity contribution is 0.0815. The van der Waals surface area contributed by atoms with Gasteiger partial charge in [-0.25, -0.2) is 4.98 Å². The first kappa shape index (κ1) is 14.9. The lowest BCUT2D eigenvalue weighted by Crippen LogP contribution is -2.27. The third-order valence-corrected chi connectivity index (χ3v) is 2.58. The molecule has 6 nitrogen and oxygen atoms in total. The number of carbonyl (C=O) groups is 2. The van der Waals surface area contributed by atoms with E-state index in [1.54, 1.807) is 40.3 Å². The Hall–Kier alpha value is -2.11. The van der Waals surface area contributed by atoms with E-state index in [1.807, 2.05) is 19.0 Å². The number of amides is 2. The summed E-state index contributed by atoms with van der Waals surface area (Å²) in [6.45, 7) is 0. The van der Waals surface area contributed by atoms with Gasteiger partial charge in [-0.2, -0.15) is 0 Å². The minimum Gasteiger partial charge on any atom is -0.378 e. The average Bonchev–Trinajstić information content (AvgIpc) is 2.35. The van der Waals surface area contributed by atoms with Crippen LogP contribution in [0.5, 0.6) is 0 Å². The van der Waals surface area contributed by atoms with Crippen molar-refractivity contribution < 1.29 is 9.59 Å². The molecule has 0 fully saturated rings. The molecule has 1 aromatic heterocycles. The van der Waals surface area contributed by atoms with Crippen molar-refractivity contribution >= 4 is 17.5 Å². The first-order valence-corrected chi connectivity index (χ1v) is 5.86. The Morgan fingerprint density at radius 1 is 0.842 bits per heavy atom. The third kappa shape index (κ3) is 3.43. The summed E-state index contributed by atoms with van der Waals surface area (Å²) in [5.74, 6) is -0.451. The number of anilines is 1.